The summed E-state index contributed by atoms with van der Waals surface area (Å²) in [7, 11) is 4.00. The van der Waals surface area contributed by atoms with Gasteiger partial charge in [0.15, 0.2) is 0 Å². The van der Waals surface area contributed by atoms with Gasteiger partial charge < -0.3 is 20.4 Å². The zero-order valence-corrected chi connectivity index (χ0v) is 6.79. The Labute approximate surface area is 68.3 Å². The molecule has 0 aliphatic carbocycles. The second-order valence-corrected chi connectivity index (χ2v) is 0. The van der Waals surface area contributed by atoms with Crippen LogP contribution < -0.4 is 0 Å². The summed E-state index contributed by atoms with van der Waals surface area (Å²) in [5, 5.41) is 28.0. The molecule has 0 aromatic carbocycles. The molecule has 57 valence electrons. The van der Waals surface area contributed by atoms with Gasteiger partial charge in [0.25, 0.3) is 0 Å². The number of hydrogen-bond donors (Lipinski definition) is 4. The van der Waals surface area contributed by atoms with E-state index in [2.05, 4.69) is 0 Å². The smallest absolute Gasteiger partial charge is 0.0319 e. The first-order chi connectivity index (χ1) is 4.00. The van der Waals surface area contributed by atoms with Crippen LogP contribution in [-0.4, -0.2) is 67.7 Å². The van der Waals surface area contributed by atoms with E-state index in [0.29, 0.717) is 0 Å². The van der Waals surface area contributed by atoms with Crippen molar-refractivity contribution in [3.8, 4) is 0 Å². The first-order valence-electron chi connectivity index (χ1n) is 1.79. The third-order valence-corrected chi connectivity index (χ3v) is 0. The Balaban J connectivity index is -0.00000000762. The summed E-state index contributed by atoms with van der Waals surface area (Å²) in [5.74, 6) is 0. The van der Waals surface area contributed by atoms with E-state index in [1.165, 1.54) is 0 Å². The van der Waals surface area contributed by atoms with E-state index in [-0.39, 0.29) is 18.9 Å². The Bertz CT molecular complexity index is 12.5. The van der Waals surface area contributed by atoms with Crippen molar-refractivity contribution >= 4 is 18.9 Å². The fourth-order valence-electron chi connectivity index (χ4n) is 0. The summed E-state index contributed by atoms with van der Waals surface area (Å²) in [5.41, 5.74) is 0. The number of hydrogen-bond acceptors (Lipinski definition) is 4. The molecule has 0 aliphatic rings. The Kier molecular flexibility index (Phi) is 9250. The molecule has 0 amide bonds. The van der Waals surface area contributed by atoms with Gasteiger partial charge in [-0.25, -0.2) is 0 Å². The van der Waals surface area contributed by atoms with E-state index in [9.17, 15) is 0 Å². The summed E-state index contributed by atoms with van der Waals surface area (Å²) in [6.45, 7) is 0. The maximum absolute atomic E-state index is 7.00. The van der Waals surface area contributed by atoms with Gasteiger partial charge in [0, 0.05) is 47.3 Å². The number of aliphatic hydroxyl groups excluding tert-OH is 4. The first kappa shape index (κ1) is 34.1. The molecule has 0 spiro atoms. The molecule has 9 heavy (non-hydrogen) atoms. The standard InChI is InChI=1S/4CH4O.Li/c4*1-2;/h4*2H,1H3;. The third kappa shape index (κ3) is 1830. The molecule has 0 fully saturated rings. The zero-order valence-electron chi connectivity index (χ0n) is 6.79. The van der Waals surface area contributed by atoms with Gasteiger partial charge in [0.05, 0.1) is 0 Å². The quantitative estimate of drug-likeness (QED) is 0.291. The Morgan fingerprint density at radius 3 is 0.444 bits per heavy atom. The summed E-state index contributed by atoms with van der Waals surface area (Å²) >= 11 is 0. The Morgan fingerprint density at radius 1 is 0.444 bits per heavy atom. The maximum Gasteiger partial charge on any atom is 0.0319 e. The number of rotatable bonds is 0. The van der Waals surface area contributed by atoms with Crippen LogP contribution in [0.4, 0.5) is 0 Å². The molecule has 0 bridgehead atoms. The van der Waals surface area contributed by atoms with E-state index >= 15 is 0 Å². The monoisotopic (exact) mass is 135 g/mol. The van der Waals surface area contributed by atoms with Crippen molar-refractivity contribution in [3.05, 3.63) is 0 Å². The second kappa shape index (κ2) is 2440. The molecule has 0 saturated carbocycles. The van der Waals surface area contributed by atoms with E-state index < -0.39 is 0 Å². The minimum Gasteiger partial charge on any atom is -0.400 e. The largest absolute Gasteiger partial charge is 0.400 e. The molecule has 4 N–H and O–H groups in total. The minimum absolute atomic E-state index is 0. The van der Waals surface area contributed by atoms with Gasteiger partial charge in [0.1, 0.15) is 0 Å². The molecule has 0 aliphatic heterocycles. The van der Waals surface area contributed by atoms with Gasteiger partial charge in [-0.15, -0.1) is 0 Å². The van der Waals surface area contributed by atoms with Crippen LogP contribution in [0.1, 0.15) is 0 Å². The van der Waals surface area contributed by atoms with Gasteiger partial charge in [-0.2, -0.15) is 0 Å². The van der Waals surface area contributed by atoms with Gasteiger partial charge in [-0.05, 0) is 0 Å². The van der Waals surface area contributed by atoms with E-state index in [1.54, 1.807) is 0 Å². The summed E-state index contributed by atoms with van der Waals surface area (Å²) in [6, 6.07) is 0. The van der Waals surface area contributed by atoms with Crippen LogP contribution in [-0.2, 0) is 0 Å². The van der Waals surface area contributed by atoms with E-state index in [1.807, 2.05) is 0 Å². The molecule has 0 aromatic rings. The van der Waals surface area contributed by atoms with Crippen LogP contribution in [0.25, 0.3) is 0 Å². The predicted octanol–water partition coefficient (Wildman–Crippen LogP) is -1.95. The summed E-state index contributed by atoms with van der Waals surface area (Å²) < 4.78 is 0. The molecular formula is C4H16LiO4. The molecule has 5 heteroatoms. The van der Waals surface area contributed by atoms with Crippen LogP contribution in [0.2, 0.25) is 0 Å². The topological polar surface area (TPSA) is 80.9 Å². The average molecular weight is 135 g/mol. The molecule has 0 atom stereocenters. The van der Waals surface area contributed by atoms with Crippen molar-refractivity contribution in [1.82, 2.24) is 0 Å². The van der Waals surface area contributed by atoms with Crippen LogP contribution in [0.3, 0.4) is 0 Å². The molecule has 0 rings (SSSR count). The molecule has 1 radical (unpaired) electrons. The Hall–Kier alpha value is 0.437. The zero-order chi connectivity index (χ0) is 8.00. The predicted molar refractivity (Wildman–Crippen MR) is 38.3 cm³/mol. The first-order valence-corrected chi connectivity index (χ1v) is 1.79. The van der Waals surface area contributed by atoms with Gasteiger partial charge >= 0.3 is 0 Å². The summed E-state index contributed by atoms with van der Waals surface area (Å²) in [4.78, 5) is 0. The van der Waals surface area contributed by atoms with Crippen LogP contribution in [0.5, 0.6) is 0 Å². The fraction of sp³-hybridized carbons (Fsp3) is 1.00. The fourth-order valence-corrected chi connectivity index (χ4v) is 0. The van der Waals surface area contributed by atoms with Crippen LogP contribution in [0.15, 0.2) is 0 Å². The molecular weight excluding hydrogens is 119 g/mol. The summed E-state index contributed by atoms with van der Waals surface area (Å²) in [6.07, 6.45) is 0. The second-order valence-electron chi connectivity index (χ2n) is 0. The minimum atomic E-state index is 0. The van der Waals surface area contributed by atoms with Gasteiger partial charge in [0.2, 0.25) is 0 Å². The van der Waals surface area contributed by atoms with Crippen LogP contribution in [0, 0.1) is 0 Å². The molecule has 0 aromatic heterocycles. The van der Waals surface area contributed by atoms with Crippen LogP contribution >= 0.6 is 0 Å². The molecule has 4 nitrogen and oxygen atoms in total. The van der Waals surface area contributed by atoms with Crippen molar-refractivity contribution in [2.24, 2.45) is 0 Å². The van der Waals surface area contributed by atoms with Crippen molar-refractivity contribution in [3.63, 3.8) is 0 Å². The van der Waals surface area contributed by atoms with Crippen molar-refractivity contribution in [2.45, 2.75) is 0 Å². The van der Waals surface area contributed by atoms with E-state index in [0.717, 1.165) is 28.4 Å². The number of aliphatic hydroxyl groups is 4. The van der Waals surface area contributed by atoms with Crippen molar-refractivity contribution in [2.75, 3.05) is 28.4 Å². The Morgan fingerprint density at radius 2 is 0.444 bits per heavy atom. The van der Waals surface area contributed by atoms with E-state index in [4.69, 9.17) is 20.4 Å². The van der Waals surface area contributed by atoms with Gasteiger partial charge in [-0.1, -0.05) is 0 Å². The van der Waals surface area contributed by atoms with Crippen molar-refractivity contribution < 1.29 is 20.4 Å². The van der Waals surface area contributed by atoms with Gasteiger partial charge in [-0.3, -0.25) is 0 Å². The maximum atomic E-state index is 7.00. The molecule has 0 saturated heterocycles. The average Bonchev–Trinajstić information content (AvgIpc) is 2.03. The SMILES string of the molecule is CO.CO.CO.CO.[Li]. The van der Waals surface area contributed by atoms with Crippen molar-refractivity contribution in [1.29, 1.82) is 0 Å². The molecule has 0 unspecified atom stereocenters. The normalized spacial score (nSPS) is 2.67. The third-order valence-electron chi connectivity index (χ3n) is 0. The molecule has 0 heterocycles.